The number of aliphatic carboxylic acids is 1. The monoisotopic (exact) mass is 245 g/mol. The molecule has 0 aliphatic carbocycles. The van der Waals surface area contributed by atoms with Crippen LogP contribution in [-0.2, 0) is 11.3 Å². The van der Waals surface area contributed by atoms with Gasteiger partial charge in [0.05, 0.1) is 5.92 Å². The summed E-state index contributed by atoms with van der Waals surface area (Å²) in [6, 6.07) is 7.86. The summed E-state index contributed by atoms with van der Waals surface area (Å²) in [4.78, 5) is 13.5. The molecule has 1 N–H and O–H groups in total. The summed E-state index contributed by atoms with van der Waals surface area (Å²) in [5.74, 6) is -1.13. The third-order valence-corrected chi connectivity index (χ3v) is 3.32. The minimum Gasteiger partial charge on any atom is -0.481 e. The minimum atomic E-state index is -0.732. The molecule has 0 amide bonds. The lowest BCUT2D eigenvalue weighted by molar-refractivity contribution is -0.139. The van der Waals surface area contributed by atoms with E-state index in [1.165, 1.54) is 5.57 Å². The van der Waals surface area contributed by atoms with Gasteiger partial charge in [0.2, 0.25) is 0 Å². The van der Waals surface area contributed by atoms with Crippen LogP contribution < -0.4 is 0 Å². The van der Waals surface area contributed by atoms with E-state index in [0.29, 0.717) is 6.54 Å². The van der Waals surface area contributed by atoms with Gasteiger partial charge in [-0.1, -0.05) is 35.9 Å². The first-order chi connectivity index (χ1) is 8.58. The van der Waals surface area contributed by atoms with E-state index >= 15 is 0 Å². The van der Waals surface area contributed by atoms with Crippen LogP contribution in [0.25, 0.3) is 0 Å². The zero-order valence-electron chi connectivity index (χ0n) is 10.9. The van der Waals surface area contributed by atoms with Gasteiger partial charge in [0.25, 0.3) is 0 Å². The van der Waals surface area contributed by atoms with E-state index in [1.807, 2.05) is 24.3 Å². The normalized spacial score (nSPS) is 19.1. The number of benzene rings is 1. The molecule has 2 rings (SSSR count). The molecule has 1 atom stereocenters. The molecule has 1 aromatic carbocycles. The van der Waals surface area contributed by atoms with Gasteiger partial charge in [-0.25, -0.2) is 0 Å². The zero-order valence-corrected chi connectivity index (χ0v) is 10.9. The molecule has 1 aliphatic rings. The summed E-state index contributed by atoms with van der Waals surface area (Å²) in [6.45, 7) is 6.37. The van der Waals surface area contributed by atoms with Crippen LogP contribution in [0.15, 0.2) is 35.9 Å². The highest BCUT2D eigenvalue weighted by molar-refractivity contribution is 5.77. The van der Waals surface area contributed by atoms with Crippen molar-refractivity contribution in [1.29, 1.82) is 0 Å². The third kappa shape index (κ3) is 2.79. The first-order valence-electron chi connectivity index (χ1n) is 6.24. The van der Waals surface area contributed by atoms with Crippen LogP contribution >= 0.6 is 0 Å². The molecule has 0 saturated heterocycles. The van der Waals surface area contributed by atoms with E-state index in [2.05, 4.69) is 24.8 Å². The van der Waals surface area contributed by atoms with Gasteiger partial charge in [-0.2, -0.15) is 0 Å². The van der Waals surface area contributed by atoms with Crippen molar-refractivity contribution in [3.63, 3.8) is 0 Å². The van der Waals surface area contributed by atoms with Gasteiger partial charge >= 0.3 is 5.97 Å². The van der Waals surface area contributed by atoms with Crippen LogP contribution in [0.3, 0.4) is 0 Å². The number of carboxylic acid groups (broad SMARTS) is 1. The fourth-order valence-electron chi connectivity index (χ4n) is 2.34. The van der Waals surface area contributed by atoms with Crippen LogP contribution in [-0.4, -0.2) is 29.1 Å². The quantitative estimate of drug-likeness (QED) is 0.832. The Labute approximate surface area is 108 Å². The second-order valence-electron chi connectivity index (χ2n) is 5.07. The van der Waals surface area contributed by atoms with E-state index < -0.39 is 11.9 Å². The Morgan fingerprint density at radius 2 is 2.17 bits per heavy atom. The highest BCUT2D eigenvalue weighted by Crippen LogP contribution is 2.28. The van der Waals surface area contributed by atoms with E-state index in [-0.39, 0.29) is 0 Å². The molecule has 1 unspecified atom stereocenters. The smallest absolute Gasteiger partial charge is 0.312 e. The Morgan fingerprint density at radius 3 is 2.83 bits per heavy atom. The molecule has 1 aliphatic heterocycles. The molecule has 3 nitrogen and oxygen atoms in total. The van der Waals surface area contributed by atoms with E-state index in [0.717, 1.165) is 24.2 Å². The van der Waals surface area contributed by atoms with Crippen LogP contribution in [0.2, 0.25) is 0 Å². The molecule has 0 bridgehead atoms. The molecule has 1 heterocycles. The predicted octanol–water partition coefficient (Wildman–Crippen LogP) is 2.64. The summed E-state index contributed by atoms with van der Waals surface area (Å²) in [6.07, 6.45) is 2.15. The van der Waals surface area contributed by atoms with Gasteiger partial charge in [0.1, 0.15) is 0 Å². The van der Waals surface area contributed by atoms with Crippen molar-refractivity contribution >= 4 is 5.97 Å². The highest BCUT2D eigenvalue weighted by Gasteiger charge is 2.29. The lowest BCUT2D eigenvalue weighted by atomic mass is 9.90. The van der Waals surface area contributed by atoms with Crippen molar-refractivity contribution in [1.82, 2.24) is 4.90 Å². The Morgan fingerprint density at radius 1 is 1.44 bits per heavy atom. The van der Waals surface area contributed by atoms with Gasteiger partial charge in [-0.3, -0.25) is 9.69 Å². The van der Waals surface area contributed by atoms with Gasteiger partial charge in [-0.05, 0) is 25.0 Å². The lowest BCUT2D eigenvalue weighted by Crippen LogP contribution is -2.36. The standard InChI is InChI=1S/C15H19NO2/c1-11(2)7-8-16-9-12-5-3-4-6-13(12)14(10-16)15(17)18/h3-7,14H,8-10H2,1-2H3,(H,17,18). The first-order valence-corrected chi connectivity index (χ1v) is 6.24. The molecule has 3 heteroatoms. The summed E-state index contributed by atoms with van der Waals surface area (Å²) in [5, 5.41) is 9.34. The molecular weight excluding hydrogens is 226 g/mol. The van der Waals surface area contributed by atoms with Crippen LogP contribution in [0.5, 0.6) is 0 Å². The number of carboxylic acids is 1. The maximum absolute atomic E-state index is 11.4. The number of nitrogens with zero attached hydrogens (tertiary/aromatic N) is 1. The second kappa shape index (κ2) is 5.36. The van der Waals surface area contributed by atoms with Crippen molar-refractivity contribution in [2.24, 2.45) is 0 Å². The predicted molar refractivity (Wildman–Crippen MR) is 71.5 cm³/mol. The van der Waals surface area contributed by atoms with Gasteiger partial charge in [-0.15, -0.1) is 0 Å². The molecule has 0 fully saturated rings. The molecular formula is C15H19NO2. The average Bonchev–Trinajstić information content (AvgIpc) is 2.35. The lowest BCUT2D eigenvalue weighted by Gasteiger charge is -2.32. The van der Waals surface area contributed by atoms with Crippen LogP contribution in [0, 0.1) is 0 Å². The Hall–Kier alpha value is -1.61. The molecule has 18 heavy (non-hydrogen) atoms. The fraction of sp³-hybridized carbons (Fsp3) is 0.400. The number of allylic oxidation sites excluding steroid dienone is 1. The van der Waals surface area contributed by atoms with E-state index in [9.17, 15) is 9.90 Å². The van der Waals surface area contributed by atoms with Gasteiger partial charge in [0.15, 0.2) is 0 Å². The van der Waals surface area contributed by atoms with Gasteiger partial charge < -0.3 is 5.11 Å². The maximum Gasteiger partial charge on any atom is 0.312 e. The van der Waals surface area contributed by atoms with Crippen molar-refractivity contribution < 1.29 is 9.90 Å². The minimum absolute atomic E-state index is 0.402. The van der Waals surface area contributed by atoms with Crippen molar-refractivity contribution in [2.45, 2.75) is 26.3 Å². The fourth-order valence-corrected chi connectivity index (χ4v) is 2.34. The van der Waals surface area contributed by atoms with Crippen molar-refractivity contribution in [3.8, 4) is 0 Å². The van der Waals surface area contributed by atoms with E-state index in [1.54, 1.807) is 0 Å². The SMILES string of the molecule is CC(C)=CCN1Cc2ccccc2C(C(=O)O)C1. The summed E-state index contributed by atoms with van der Waals surface area (Å²) in [7, 11) is 0. The molecule has 1 aromatic rings. The number of hydrogen-bond donors (Lipinski definition) is 1. The van der Waals surface area contributed by atoms with Crippen molar-refractivity contribution in [3.05, 3.63) is 47.0 Å². The highest BCUT2D eigenvalue weighted by atomic mass is 16.4. The van der Waals surface area contributed by atoms with Crippen molar-refractivity contribution in [2.75, 3.05) is 13.1 Å². The maximum atomic E-state index is 11.4. The molecule has 0 aromatic heterocycles. The Kier molecular flexibility index (Phi) is 3.82. The molecule has 0 saturated carbocycles. The first kappa shape index (κ1) is 12.8. The largest absolute Gasteiger partial charge is 0.481 e. The van der Waals surface area contributed by atoms with Crippen LogP contribution in [0.1, 0.15) is 30.9 Å². The number of hydrogen-bond acceptors (Lipinski definition) is 2. The average molecular weight is 245 g/mol. The zero-order chi connectivity index (χ0) is 13.1. The summed E-state index contributed by atoms with van der Waals surface area (Å²) >= 11 is 0. The Bertz CT molecular complexity index is 475. The third-order valence-electron chi connectivity index (χ3n) is 3.32. The number of fused-ring (bicyclic) bond motifs is 1. The number of rotatable bonds is 3. The Balaban J connectivity index is 2.23. The topological polar surface area (TPSA) is 40.5 Å². The molecule has 0 radical (unpaired) electrons. The number of carbonyl (C=O) groups is 1. The van der Waals surface area contributed by atoms with E-state index in [4.69, 9.17) is 0 Å². The van der Waals surface area contributed by atoms with Crippen LogP contribution in [0.4, 0.5) is 0 Å². The molecule has 0 spiro atoms. The second-order valence-corrected chi connectivity index (χ2v) is 5.07. The summed E-state index contributed by atoms with van der Waals surface area (Å²) < 4.78 is 0. The van der Waals surface area contributed by atoms with Gasteiger partial charge in [0, 0.05) is 19.6 Å². The molecule has 96 valence electrons. The summed E-state index contributed by atoms with van der Waals surface area (Å²) in [5.41, 5.74) is 3.37.